The van der Waals surface area contributed by atoms with Gasteiger partial charge in [0.1, 0.15) is 11.5 Å². The van der Waals surface area contributed by atoms with Gasteiger partial charge in [0.15, 0.2) is 0 Å². The number of rotatable bonds is 1. The Hall–Kier alpha value is -2.58. The van der Waals surface area contributed by atoms with E-state index < -0.39 is 0 Å². The number of halogens is 1. The highest BCUT2D eigenvalue weighted by atomic mass is 79.9. The first-order valence-electron chi connectivity index (χ1n) is 7.89. The zero-order chi connectivity index (χ0) is 16.1. The van der Waals surface area contributed by atoms with E-state index in [4.69, 9.17) is 4.74 Å². The molecule has 114 valence electrons. The molecule has 1 aliphatic heterocycles. The van der Waals surface area contributed by atoms with Crippen LogP contribution >= 0.6 is 15.9 Å². The Balaban J connectivity index is 1.72. The zero-order valence-electron chi connectivity index (χ0n) is 12.8. The minimum absolute atomic E-state index is 0.918. The van der Waals surface area contributed by atoms with Gasteiger partial charge in [-0.15, -0.1) is 0 Å². The van der Waals surface area contributed by atoms with E-state index in [0.29, 0.717) is 0 Å². The first kappa shape index (κ1) is 13.8. The second-order valence-electron chi connectivity index (χ2n) is 5.98. The third-order valence-electron chi connectivity index (χ3n) is 4.54. The summed E-state index contributed by atoms with van der Waals surface area (Å²) >= 11 is 3.49. The predicted molar refractivity (Wildman–Crippen MR) is 103 cm³/mol. The lowest BCUT2D eigenvalue weighted by molar-refractivity contribution is 0.487. The van der Waals surface area contributed by atoms with E-state index in [0.717, 1.165) is 27.1 Å². The Bertz CT molecular complexity index is 1080. The van der Waals surface area contributed by atoms with Crippen LogP contribution in [0.15, 0.2) is 83.3 Å². The number of ether oxygens (including phenoxy) is 1. The molecule has 1 heterocycles. The van der Waals surface area contributed by atoms with E-state index in [-0.39, 0.29) is 0 Å². The maximum atomic E-state index is 6.23. The minimum Gasteiger partial charge on any atom is -0.456 e. The third kappa shape index (κ3) is 2.07. The maximum absolute atomic E-state index is 6.23. The Morgan fingerprint density at radius 1 is 0.625 bits per heavy atom. The van der Waals surface area contributed by atoms with Crippen LogP contribution in [0.4, 0.5) is 0 Å². The standard InChI is InChI=1S/C22H13BrO/c23-17-10-7-14(8-11-17)16-9-12-18-19-5-1-3-15-4-2-6-20(22(15)19)24-21(18)13-16/h1-13H. The van der Waals surface area contributed by atoms with Crippen LogP contribution in [0.1, 0.15) is 0 Å². The van der Waals surface area contributed by atoms with Gasteiger partial charge in [-0.05, 0) is 52.4 Å². The summed E-state index contributed by atoms with van der Waals surface area (Å²) < 4.78 is 7.31. The molecule has 1 nitrogen and oxygen atoms in total. The summed E-state index contributed by atoms with van der Waals surface area (Å²) in [6.45, 7) is 0. The third-order valence-corrected chi connectivity index (χ3v) is 5.06. The Kier molecular flexibility index (Phi) is 3.00. The summed E-state index contributed by atoms with van der Waals surface area (Å²) in [5.74, 6) is 1.85. The monoisotopic (exact) mass is 372 g/mol. The molecule has 0 aromatic heterocycles. The van der Waals surface area contributed by atoms with Gasteiger partial charge in [0, 0.05) is 15.4 Å². The molecule has 4 aromatic rings. The molecule has 0 saturated carbocycles. The van der Waals surface area contributed by atoms with E-state index >= 15 is 0 Å². The summed E-state index contributed by atoms with van der Waals surface area (Å²) in [5, 5.41) is 2.41. The number of fused-ring (bicyclic) bond motifs is 2. The van der Waals surface area contributed by atoms with E-state index in [1.165, 1.54) is 21.9 Å². The molecule has 4 aromatic carbocycles. The van der Waals surface area contributed by atoms with Crippen molar-refractivity contribution in [3.63, 3.8) is 0 Å². The number of hydrogen-bond acceptors (Lipinski definition) is 1. The molecule has 0 bridgehead atoms. The van der Waals surface area contributed by atoms with Crippen molar-refractivity contribution in [2.75, 3.05) is 0 Å². The molecule has 0 N–H and O–H groups in total. The Labute approximate surface area is 148 Å². The molecule has 0 amide bonds. The predicted octanol–water partition coefficient (Wildman–Crippen LogP) is 7.04. The van der Waals surface area contributed by atoms with Crippen LogP contribution < -0.4 is 4.74 Å². The molecular formula is C22H13BrO. The van der Waals surface area contributed by atoms with Crippen molar-refractivity contribution in [3.8, 4) is 33.8 Å². The van der Waals surface area contributed by atoms with Crippen molar-refractivity contribution in [1.29, 1.82) is 0 Å². The van der Waals surface area contributed by atoms with E-state index in [2.05, 4.69) is 82.7 Å². The van der Waals surface area contributed by atoms with Gasteiger partial charge in [-0.25, -0.2) is 0 Å². The van der Waals surface area contributed by atoms with Gasteiger partial charge in [0.05, 0.1) is 0 Å². The van der Waals surface area contributed by atoms with Gasteiger partial charge in [0.2, 0.25) is 0 Å². The molecule has 0 spiro atoms. The lowest BCUT2D eigenvalue weighted by atomic mass is 9.93. The number of hydrogen-bond donors (Lipinski definition) is 0. The normalized spacial score (nSPS) is 11.9. The Morgan fingerprint density at radius 3 is 2.21 bits per heavy atom. The van der Waals surface area contributed by atoms with E-state index in [9.17, 15) is 0 Å². The van der Waals surface area contributed by atoms with Gasteiger partial charge in [-0.3, -0.25) is 0 Å². The molecule has 2 heteroatoms. The van der Waals surface area contributed by atoms with Gasteiger partial charge < -0.3 is 4.74 Å². The largest absolute Gasteiger partial charge is 0.456 e. The average molecular weight is 373 g/mol. The van der Waals surface area contributed by atoms with Crippen molar-refractivity contribution in [1.82, 2.24) is 0 Å². The lowest BCUT2D eigenvalue weighted by Gasteiger charge is -2.21. The van der Waals surface area contributed by atoms with Crippen molar-refractivity contribution in [3.05, 3.63) is 83.3 Å². The summed E-state index contributed by atoms with van der Waals surface area (Å²) in [6, 6.07) is 27.4. The van der Waals surface area contributed by atoms with Crippen molar-refractivity contribution < 1.29 is 4.74 Å². The van der Waals surface area contributed by atoms with Crippen LogP contribution in [0.2, 0.25) is 0 Å². The number of benzene rings is 4. The van der Waals surface area contributed by atoms with E-state index in [1.54, 1.807) is 0 Å². The van der Waals surface area contributed by atoms with E-state index in [1.807, 2.05) is 12.1 Å². The Morgan fingerprint density at radius 2 is 1.38 bits per heavy atom. The first-order valence-corrected chi connectivity index (χ1v) is 8.69. The van der Waals surface area contributed by atoms with Crippen molar-refractivity contribution in [2.24, 2.45) is 0 Å². The van der Waals surface area contributed by atoms with Gasteiger partial charge in [0.25, 0.3) is 0 Å². The molecule has 0 unspecified atom stereocenters. The molecule has 0 atom stereocenters. The quantitative estimate of drug-likeness (QED) is 0.306. The summed E-state index contributed by atoms with van der Waals surface area (Å²) in [5.41, 5.74) is 4.74. The SMILES string of the molecule is Brc1ccc(-c2ccc3c(c2)Oc2cccc4cccc-3c24)cc1. The van der Waals surface area contributed by atoms with Gasteiger partial charge >= 0.3 is 0 Å². The fraction of sp³-hybridized carbons (Fsp3) is 0. The molecular weight excluding hydrogens is 360 g/mol. The highest BCUT2D eigenvalue weighted by molar-refractivity contribution is 9.10. The van der Waals surface area contributed by atoms with Gasteiger partial charge in [-0.1, -0.05) is 64.5 Å². The fourth-order valence-electron chi connectivity index (χ4n) is 3.39. The zero-order valence-corrected chi connectivity index (χ0v) is 14.4. The second-order valence-corrected chi connectivity index (χ2v) is 6.90. The average Bonchev–Trinajstić information content (AvgIpc) is 2.62. The molecule has 0 fully saturated rings. The molecule has 0 saturated heterocycles. The minimum atomic E-state index is 0.918. The first-order chi connectivity index (χ1) is 11.8. The molecule has 24 heavy (non-hydrogen) atoms. The van der Waals surface area contributed by atoms with Gasteiger partial charge in [-0.2, -0.15) is 0 Å². The summed E-state index contributed by atoms with van der Waals surface area (Å²) in [7, 11) is 0. The topological polar surface area (TPSA) is 9.23 Å². The van der Waals surface area contributed by atoms with Crippen LogP contribution in [-0.4, -0.2) is 0 Å². The molecule has 0 radical (unpaired) electrons. The van der Waals surface area contributed by atoms with Crippen LogP contribution in [0.25, 0.3) is 33.0 Å². The van der Waals surface area contributed by atoms with Crippen LogP contribution in [-0.2, 0) is 0 Å². The van der Waals surface area contributed by atoms with Crippen molar-refractivity contribution in [2.45, 2.75) is 0 Å². The fourth-order valence-corrected chi connectivity index (χ4v) is 3.65. The highest BCUT2D eigenvalue weighted by Gasteiger charge is 2.19. The smallest absolute Gasteiger partial charge is 0.135 e. The lowest BCUT2D eigenvalue weighted by Crippen LogP contribution is -1.97. The molecule has 1 aliphatic rings. The molecule has 0 aliphatic carbocycles. The van der Waals surface area contributed by atoms with Crippen LogP contribution in [0.5, 0.6) is 11.5 Å². The van der Waals surface area contributed by atoms with Crippen molar-refractivity contribution >= 4 is 26.7 Å². The second kappa shape index (κ2) is 5.22. The highest BCUT2D eigenvalue weighted by Crippen LogP contribution is 2.47. The maximum Gasteiger partial charge on any atom is 0.135 e. The van der Waals surface area contributed by atoms with Crippen LogP contribution in [0, 0.1) is 0 Å². The van der Waals surface area contributed by atoms with Crippen LogP contribution in [0.3, 0.4) is 0 Å². The summed E-state index contributed by atoms with van der Waals surface area (Å²) in [6.07, 6.45) is 0. The summed E-state index contributed by atoms with van der Waals surface area (Å²) in [4.78, 5) is 0. The molecule has 5 rings (SSSR count).